The normalized spacial score (nSPS) is 9.83. The highest BCUT2D eigenvalue weighted by molar-refractivity contribution is 9.10. The Hall–Kier alpha value is -2.00. The Labute approximate surface area is 111 Å². The molecule has 0 atom stereocenters. The van der Waals surface area contributed by atoms with Crippen LogP contribution in [0.1, 0.15) is 11.1 Å². The van der Waals surface area contributed by atoms with E-state index >= 15 is 0 Å². The van der Waals surface area contributed by atoms with Gasteiger partial charge in [0.2, 0.25) is 5.88 Å². The SMILES string of the molecule is N#Cc1ccc(COc2nccnc2Br)c(F)c1. The van der Waals surface area contributed by atoms with Gasteiger partial charge in [-0.25, -0.2) is 14.4 Å². The van der Waals surface area contributed by atoms with Crippen LogP contribution in [0, 0.1) is 17.1 Å². The van der Waals surface area contributed by atoms with Gasteiger partial charge in [0.25, 0.3) is 0 Å². The highest BCUT2D eigenvalue weighted by Crippen LogP contribution is 2.20. The summed E-state index contributed by atoms with van der Waals surface area (Å²) in [5, 5.41) is 8.62. The van der Waals surface area contributed by atoms with Crippen LogP contribution in [0.15, 0.2) is 35.2 Å². The molecule has 0 spiro atoms. The third-order valence-electron chi connectivity index (χ3n) is 2.17. The minimum atomic E-state index is -0.478. The molecule has 0 unspecified atom stereocenters. The summed E-state index contributed by atoms with van der Waals surface area (Å²) in [6.07, 6.45) is 2.99. The van der Waals surface area contributed by atoms with Gasteiger partial charge >= 0.3 is 0 Å². The second-order valence-electron chi connectivity index (χ2n) is 3.36. The molecule has 4 nitrogen and oxygen atoms in total. The number of hydrogen-bond donors (Lipinski definition) is 0. The number of ether oxygens (including phenoxy) is 1. The minimum absolute atomic E-state index is 0.0227. The van der Waals surface area contributed by atoms with Crippen LogP contribution in [0.25, 0.3) is 0 Å². The summed E-state index contributed by atoms with van der Waals surface area (Å²) in [6, 6.07) is 6.09. The quantitative estimate of drug-likeness (QED) is 0.875. The Morgan fingerprint density at radius 2 is 2.11 bits per heavy atom. The molecule has 0 aliphatic carbocycles. The van der Waals surface area contributed by atoms with Gasteiger partial charge in [0.15, 0.2) is 4.60 Å². The van der Waals surface area contributed by atoms with E-state index < -0.39 is 5.82 Å². The maximum absolute atomic E-state index is 13.6. The number of nitrogens with zero attached hydrogens (tertiary/aromatic N) is 3. The highest BCUT2D eigenvalue weighted by Gasteiger charge is 2.07. The summed E-state index contributed by atoms with van der Waals surface area (Å²) < 4.78 is 19.4. The number of nitriles is 1. The predicted octanol–water partition coefficient (Wildman–Crippen LogP) is 2.83. The molecular formula is C12H7BrFN3O. The molecule has 0 N–H and O–H groups in total. The maximum atomic E-state index is 13.6. The van der Waals surface area contributed by atoms with E-state index in [0.717, 1.165) is 0 Å². The monoisotopic (exact) mass is 307 g/mol. The summed E-state index contributed by atoms with van der Waals surface area (Å²) in [4.78, 5) is 7.88. The molecule has 0 saturated carbocycles. The lowest BCUT2D eigenvalue weighted by Crippen LogP contribution is -2.01. The lowest BCUT2D eigenvalue weighted by molar-refractivity contribution is 0.284. The van der Waals surface area contributed by atoms with E-state index in [1.807, 2.05) is 6.07 Å². The van der Waals surface area contributed by atoms with Crippen molar-refractivity contribution in [1.29, 1.82) is 5.26 Å². The van der Waals surface area contributed by atoms with Crippen LogP contribution in [0.5, 0.6) is 5.88 Å². The zero-order valence-electron chi connectivity index (χ0n) is 9.10. The topological polar surface area (TPSA) is 58.8 Å². The molecule has 0 aliphatic rings. The van der Waals surface area contributed by atoms with E-state index in [9.17, 15) is 4.39 Å². The Bertz CT molecular complexity index is 613. The molecule has 0 aliphatic heterocycles. The molecule has 0 radical (unpaired) electrons. The standard InChI is InChI=1S/C12H7BrFN3O/c13-11-12(17-4-3-16-11)18-7-9-2-1-8(6-15)5-10(9)14/h1-5H,7H2. The largest absolute Gasteiger partial charge is 0.471 e. The van der Waals surface area contributed by atoms with Gasteiger partial charge in [0.1, 0.15) is 12.4 Å². The lowest BCUT2D eigenvalue weighted by atomic mass is 10.1. The van der Waals surface area contributed by atoms with Gasteiger partial charge in [-0.15, -0.1) is 0 Å². The van der Waals surface area contributed by atoms with Crippen molar-refractivity contribution in [2.75, 3.05) is 0 Å². The van der Waals surface area contributed by atoms with Crippen molar-refractivity contribution in [2.24, 2.45) is 0 Å². The molecule has 6 heteroatoms. The second-order valence-corrected chi connectivity index (χ2v) is 4.11. The first-order chi connectivity index (χ1) is 8.70. The van der Waals surface area contributed by atoms with Gasteiger partial charge in [-0.05, 0) is 28.1 Å². The van der Waals surface area contributed by atoms with Crippen molar-refractivity contribution < 1.29 is 9.13 Å². The van der Waals surface area contributed by atoms with Gasteiger partial charge in [0, 0.05) is 18.0 Å². The first-order valence-electron chi connectivity index (χ1n) is 4.98. The fourth-order valence-corrected chi connectivity index (χ4v) is 1.62. The first-order valence-corrected chi connectivity index (χ1v) is 5.78. The summed E-state index contributed by atoms with van der Waals surface area (Å²) in [5.74, 6) is -0.185. The summed E-state index contributed by atoms with van der Waals surface area (Å²) in [7, 11) is 0. The molecule has 2 aromatic rings. The van der Waals surface area contributed by atoms with Crippen LogP contribution in [0.2, 0.25) is 0 Å². The number of hydrogen-bond acceptors (Lipinski definition) is 4. The van der Waals surface area contributed by atoms with Crippen LogP contribution >= 0.6 is 15.9 Å². The van der Waals surface area contributed by atoms with E-state index in [4.69, 9.17) is 10.00 Å². The number of aromatic nitrogens is 2. The minimum Gasteiger partial charge on any atom is -0.471 e. The second kappa shape index (κ2) is 5.56. The van der Waals surface area contributed by atoms with Gasteiger partial charge in [0.05, 0.1) is 11.6 Å². The molecule has 1 aromatic carbocycles. The van der Waals surface area contributed by atoms with Crippen LogP contribution in [-0.4, -0.2) is 9.97 Å². The lowest BCUT2D eigenvalue weighted by Gasteiger charge is -2.07. The van der Waals surface area contributed by atoms with Crippen molar-refractivity contribution >= 4 is 15.9 Å². The maximum Gasteiger partial charge on any atom is 0.247 e. The van der Waals surface area contributed by atoms with Gasteiger partial charge in [-0.3, -0.25) is 0 Å². The van der Waals surface area contributed by atoms with E-state index in [2.05, 4.69) is 25.9 Å². The summed E-state index contributed by atoms with van der Waals surface area (Å²) in [6.45, 7) is 0.0227. The highest BCUT2D eigenvalue weighted by atomic mass is 79.9. The summed E-state index contributed by atoms with van der Waals surface area (Å²) in [5.41, 5.74) is 0.628. The van der Waals surface area contributed by atoms with E-state index in [-0.39, 0.29) is 12.2 Å². The van der Waals surface area contributed by atoms with Crippen LogP contribution in [0.4, 0.5) is 4.39 Å². The molecule has 1 heterocycles. The van der Waals surface area contributed by atoms with Gasteiger partial charge in [-0.1, -0.05) is 6.07 Å². The molecule has 18 heavy (non-hydrogen) atoms. The van der Waals surface area contributed by atoms with Crippen LogP contribution in [-0.2, 0) is 6.61 Å². The number of benzene rings is 1. The molecule has 2 rings (SSSR count). The molecule has 0 fully saturated rings. The number of halogens is 2. The van der Waals surface area contributed by atoms with Crippen molar-refractivity contribution in [3.8, 4) is 11.9 Å². The van der Waals surface area contributed by atoms with Crippen LogP contribution < -0.4 is 4.74 Å². The van der Waals surface area contributed by atoms with Crippen molar-refractivity contribution in [3.63, 3.8) is 0 Å². The molecular weight excluding hydrogens is 301 g/mol. The predicted molar refractivity (Wildman–Crippen MR) is 65.2 cm³/mol. The summed E-state index contributed by atoms with van der Waals surface area (Å²) >= 11 is 3.18. The zero-order valence-corrected chi connectivity index (χ0v) is 10.7. The Morgan fingerprint density at radius 3 is 2.78 bits per heavy atom. The molecule has 0 saturated heterocycles. The Kier molecular flexibility index (Phi) is 3.85. The number of rotatable bonds is 3. The molecule has 0 bridgehead atoms. The molecule has 90 valence electrons. The van der Waals surface area contributed by atoms with Crippen LogP contribution in [0.3, 0.4) is 0 Å². The van der Waals surface area contributed by atoms with Crippen molar-refractivity contribution in [2.45, 2.75) is 6.61 Å². The third kappa shape index (κ3) is 2.81. The van der Waals surface area contributed by atoms with Gasteiger partial charge in [-0.2, -0.15) is 5.26 Å². The third-order valence-corrected chi connectivity index (χ3v) is 2.71. The Morgan fingerprint density at radius 1 is 1.33 bits per heavy atom. The van der Waals surface area contributed by atoms with E-state index in [1.165, 1.54) is 30.6 Å². The zero-order chi connectivity index (χ0) is 13.0. The van der Waals surface area contributed by atoms with E-state index in [1.54, 1.807) is 0 Å². The van der Waals surface area contributed by atoms with Crippen molar-refractivity contribution in [3.05, 3.63) is 52.1 Å². The molecule has 1 aromatic heterocycles. The fraction of sp³-hybridized carbons (Fsp3) is 0.0833. The Balaban J connectivity index is 2.12. The molecule has 0 amide bonds. The average Bonchev–Trinajstić information content (AvgIpc) is 2.39. The van der Waals surface area contributed by atoms with Crippen molar-refractivity contribution in [1.82, 2.24) is 9.97 Å². The smallest absolute Gasteiger partial charge is 0.247 e. The average molecular weight is 308 g/mol. The van der Waals surface area contributed by atoms with Gasteiger partial charge < -0.3 is 4.74 Å². The first kappa shape index (κ1) is 12.5. The fourth-order valence-electron chi connectivity index (χ4n) is 1.29. The van der Waals surface area contributed by atoms with E-state index in [0.29, 0.717) is 16.0 Å².